The summed E-state index contributed by atoms with van der Waals surface area (Å²) >= 11 is 8.92. The molecule has 0 aliphatic heterocycles. The van der Waals surface area contributed by atoms with Crippen molar-refractivity contribution < 1.29 is 4.79 Å². The van der Waals surface area contributed by atoms with E-state index in [-0.39, 0.29) is 11.8 Å². The van der Waals surface area contributed by atoms with Crippen molar-refractivity contribution in [1.82, 2.24) is 10.2 Å². The molecule has 1 aromatic heterocycles. The molecule has 2 bridgehead atoms. The van der Waals surface area contributed by atoms with Gasteiger partial charge >= 0.3 is 0 Å². The third-order valence-electron chi connectivity index (χ3n) is 4.53. The number of carbonyl (C=O) groups excluding carboxylic acids is 1. The number of fused-ring (bicyclic) bond motifs is 2. The molecule has 7 heteroatoms. The fourth-order valence-electron chi connectivity index (χ4n) is 3.32. The van der Waals surface area contributed by atoms with Crippen molar-refractivity contribution in [2.75, 3.05) is 5.32 Å². The monoisotopic (exact) mass is 377 g/mol. The molecule has 0 saturated heterocycles. The average Bonchev–Trinajstić information content (AvgIpc) is 3.31. The number of hydrogen-bond acceptors (Lipinski definition) is 5. The van der Waals surface area contributed by atoms with Crippen molar-refractivity contribution in [3.05, 3.63) is 47.0 Å². The summed E-state index contributed by atoms with van der Waals surface area (Å²) < 4.78 is 0.855. The molecule has 2 aliphatic rings. The summed E-state index contributed by atoms with van der Waals surface area (Å²) in [6.07, 6.45) is 6.51. The van der Waals surface area contributed by atoms with Crippen LogP contribution in [-0.2, 0) is 10.5 Å². The maximum atomic E-state index is 12.4. The van der Waals surface area contributed by atoms with Crippen LogP contribution in [-0.4, -0.2) is 16.1 Å². The minimum atomic E-state index is 0.0808. The molecule has 1 fully saturated rings. The molecular weight excluding hydrogens is 362 g/mol. The van der Waals surface area contributed by atoms with E-state index in [4.69, 9.17) is 11.6 Å². The van der Waals surface area contributed by atoms with Gasteiger partial charge in [0.25, 0.3) is 0 Å². The average molecular weight is 378 g/mol. The molecular formula is C17H16ClN3OS2. The second-order valence-electron chi connectivity index (χ2n) is 6.16. The van der Waals surface area contributed by atoms with Gasteiger partial charge in [0.05, 0.1) is 0 Å². The minimum Gasteiger partial charge on any atom is -0.300 e. The van der Waals surface area contributed by atoms with Crippen LogP contribution in [0.5, 0.6) is 0 Å². The van der Waals surface area contributed by atoms with Crippen molar-refractivity contribution in [3.63, 3.8) is 0 Å². The number of amides is 1. The van der Waals surface area contributed by atoms with E-state index < -0.39 is 0 Å². The van der Waals surface area contributed by atoms with Crippen molar-refractivity contribution in [1.29, 1.82) is 0 Å². The molecule has 3 atom stereocenters. The smallest absolute Gasteiger partial charge is 0.229 e. The molecule has 2 aliphatic carbocycles. The van der Waals surface area contributed by atoms with E-state index in [0.29, 0.717) is 17.0 Å². The summed E-state index contributed by atoms with van der Waals surface area (Å²) in [6, 6.07) is 7.77. The van der Waals surface area contributed by atoms with Crippen LogP contribution < -0.4 is 5.32 Å². The molecule has 1 heterocycles. The third kappa shape index (κ3) is 3.50. The maximum Gasteiger partial charge on any atom is 0.229 e. The van der Waals surface area contributed by atoms with E-state index in [1.165, 1.54) is 16.9 Å². The number of aromatic nitrogens is 2. The van der Waals surface area contributed by atoms with Gasteiger partial charge in [-0.3, -0.25) is 4.79 Å². The van der Waals surface area contributed by atoms with Gasteiger partial charge in [-0.2, -0.15) is 0 Å². The zero-order valence-electron chi connectivity index (χ0n) is 12.8. The number of nitrogens with zero attached hydrogens (tertiary/aromatic N) is 2. The normalized spacial score (nSPS) is 24.5. The number of hydrogen-bond donors (Lipinski definition) is 1. The second-order valence-corrected chi connectivity index (χ2v) is 8.80. The Morgan fingerprint density at radius 2 is 2.08 bits per heavy atom. The lowest BCUT2D eigenvalue weighted by molar-refractivity contribution is -0.120. The first kappa shape index (κ1) is 16.1. The number of halogens is 1. The van der Waals surface area contributed by atoms with Crippen molar-refractivity contribution in [2.24, 2.45) is 17.8 Å². The summed E-state index contributed by atoms with van der Waals surface area (Å²) in [5.41, 5.74) is 1.18. The molecule has 0 radical (unpaired) electrons. The maximum absolute atomic E-state index is 12.4. The van der Waals surface area contributed by atoms with E-state index in [0.717, 1.165) is 28.0 Å². The number of rotatable bonds is 5. The number of allylic oxidation sites excluding steroid dienone is 2. The predicted molar refractivity (Wildman–Crippen MR) is 98.4 cm³/mol. The third-order valence-corrected chi connectivity index (χ3v) is 6.82. The SMILES string of the molecule is O=C(Nc1nnc(SCc2ccc(Cl)cc2)s1)[C@@H]1C[C@@H]2C=C[C@H]1C2. The van der Waals surface area contributed by atoms with Crippen molar-refractivity contribution in [3.8, 4) is 0 Å². The van der Waals surface area contributed by atoms with Crippen LogP contribution in [0.1, 0.15) is 18.4 Å². The van der Waals surface area contributed by atoms with Gasteiger partial charge in [-0.05, 0) is 42.4 Å². The Bertz CT molecular complexity index is 774. The quantitative estimate of drug-likeness (QED) is 0.468. The molecule has 0 spiro atoms. The van der Waals surface area contributed by atoms with E-state index >= 15 is 0 Å². The van der Waals surface area contributed by atoms with Crippen molar-refractivity contribution in [2.45, 2.75) is 22.9 Å². The van der Waals surface area contributed by atoms with Crippen LogP contribution in [0.15, 0.2) is 40.8 Å². The van der Waals surface area contributed by atoms with Gasteiger partial charge in [0.1, 0.15) is 0 Å². The minimum absolute atomic E-state index is 0.0808. The molecule has 4 nitrogen and oxygen atoms in total. The van der Waals surface area contributed by atoms with Crippen LogP contribution in [0, 0.1) is 17.8 Å². The number of benzene rings is 1. The lowest BCUT2D eigenvalue weighted by Crippen LogP contribution is -2.25. The van der Waals surface area contributed by atoms with Gasteiger partial charge in [0, 0.05) is 16.7 Å². The highest BCUT2D eigenvalue weighted by molar-refractivity contribution is 8.00. The summed E-state index contributed by atoms with van der Waals surface area (Å²) in [4.78, 5) is 12.4. The van der Waals surface area contributed by atoms with Gasteiger partial charge < -0.3 is 5.32 Å². The zero-order chi connectivity index (χ0) is 16.5. The van der Waals surface area contributed by atoms with E-state index in [1.54, 1.807) is 11.8 Å². The molecule has 2 aromatic rings. The Morgan fingerprint density at radius 1 is 1.25 bits per heavy atom. The first-order valence-electron chi connectivity index (χ1n) is 7.87. The van der Waals surface area contributed by atoms with Crippen molar-refractivity contribution >= 4 is 45.7 Å². The zero-order valence-corrected chi connectivity index (χ0v) is 15.2. The number of thioether (sulfide) groups is 1. The number of nitrogens with one attached hydrogen (secondary N) is 1. The van der Waals surface area contributed by atoms with Crippen LogP contribution in [0.3, 0.4) is 0 Å². The highest BCUT2D eigenvalue weighted by Gasteiger charge is 2.39. The van der Waals surface area contributed by atoms with E-state index in [1.807, 2.05) is 24.3 Å². The fourth-order valence-corrected chi connectivity index (χ4v) is 5.16. The van der Waals surface area contributed by atoms with Gasteiger partial charge in [-0.25, -0.2) is 0 Å². The predicted octanol–water partition coefficient (Wildman–Crippen LogP) is 4.63. The van der Waals surface area contributed by atoms with E-state index in [9.17, 15) is 4.79 Å². The Morgan fingerprint density at radius 3 is 2.79 bits per heavy atom. The molecule has 124 valence electrons. The standard InChI is InChI=1S/C17H16ClN3OS2/c18-13-5-2-10(3-6-13)9-23-17-21-20-16(24-17)19-15(22)14-8-11-1-4-12(14)7-11/h1-6,11-12,14H,7-9H2,(H,19,20,22)/t11-,12+,14-/m1/s1. The highest BCUT2D eigenvalue weighted by atomic mass is 35.5. The Labute approximate surface area is 153 Å². The Kier molecular flexibility index (Phi) is 4.61. The molecule has 24 heavy (non-hydrogen) atoms. The Balaban J connectivity index is 1.32. The topological polar surface area (TPSA) is 54.9 Å². The van der Waals surface area contributed by atoms with Crippen LogP contribution in [0.25, 0.3) is 0 Å². The van der Waals surface area contributed by atoms with Crippen LogP contribution in [0.2, 0.25) is 5.02 Å². The lowest BCUT2D eigenvalue weighted by Gasteiger charge is -2.16. The molecule has 0 unspecified atom stereocenters. The van der Waals surface area contributed by atoms with Gasteiger partial charge in [-0.1, -0.05) is 59.0 Å². The highest BCUT2D eigenvalue weighted by Crippen LogP contribution is 2.44. The first-order valence-corrected chi connectivity index (χ1v) is 10.1. The van der Waals surface area contributed by atoms with Crippen LogP contribution in [0.4, 0.5) is 5.13 Å². The first-order chi connectivity index (χ1) is 11.7. The Hall–Kier alpha value is -1.37. The molecule has 1 aromatic carbocycles. The molecule has 1 saturated carbocycles. The van der Waals surface area contributed by atoms with Gasteiger partial charge in [0.15, 0.2) is 4.34 Å². The summed E-state index contributed by atoms with van der Waals surface area (Å²) in [5.74, 6) is 1.97. The number of carbonyl (C=O) groups is 1. The summed E-state index contributed by atoms with van der Waals surface area (Å²) in [7, 11) is 0. The van der Waals surface area contributed by atoms with Crippen LogP contribution >= 0.6 is 34.7 Å². The second kappa shape index (κ2) is 6.86. The fraction of sp³-hybridized carbons (Fsp3) is 0.353. The van der Waals surface area contributed by atoms with Gasteiger partial charge in [-0.15, -0.1) is 10.2 Å². The molecule has 1 N–H and O–H groups in total. The molecule has 4 rings (SSSR count). The lowest BCUT2D eigenvalue weighted by atomic mass is 9.93. The largest absolute Gasteiger partial charge is 0.300 e. The summed E-state index contributed by atoms with van der Waals surface area (Å²) in [5, 5.41) is 12.5. The van der Waals surface area contributed by atoms with Gasteiger partial charge in [0.2, 0.25) is 11.0 Å². The number of anilines is 1. The van der Waals surface area contributed by atoms with E-state index in [2.05, 4.69) is 27.7 Å². The summed E-state index contributed by atoms with van der Waals surface area (Å²) in [6.45, 7) is 0. The molecule has 1 amide bonds.